The summed E-state index contributed by atoms with van der Waals surface area (Å²) in [6, 6.07) is -0.881. The molecule has 8 atom stereocenters. The summed E-state index contributed by atoms with van der Waals surface area (Å²) >= 11 is 0. The van der Waals surface area contributed by atoms with Crippen LogP contribution in [-0.4, -0.2) is 41.3 Å². The fourth-order valence-corrected chi connectivity index (χ4v) is 12.1. The quantitative estimate of drug-likeness (QED) is 0.239. The largest absolute Gasteiger partial charge is 0.490 e. The van der Waals surface area contributed by atoms with E-state index in [1.54, 1.807) is 6.92 Å². The van der Waals surface area contributed by atoms with E-state index >= 15 is 0 Å². The van der Waals surface area contributed by atoms with E-state index in [0.29, 0.717) is 11.8 Å². The number of carbonyl (C=O) groups is 2. The zero-order valence-electron chi connectivity index (χ0n) is 31.0. The number of aliphatic carboxylic acids is 1. The predicted molar refractivity (Wildman–Crippen MR) is 184 cm³/mol. The molecule has 0 aromatic rings. The summed E-state index contributed by atoms with van der Waals surface area (Å²) in [6.45, 7) is 27.5. The van der Waals surface area contributed by atoms with E-state index in [0.717, 1.165) is 44.9 Å². The Morgan fingerprint density at radius 1 is 0.870 bits per heavy atom. The van der Waals surface area contributed by atoms with Crippen molar-refractivity contribution in [2.45, 2.75) is 158 Å². The fourth-order valence-electron chi connectivity index (χ4n) is 12.1. The molecule has 4 fully saturated rings. The van der Waals surface area contributed by atoms with E-state index in [1.165, 1.54) is 23.9 Å². The van der Waals surface area contributed by atoms with Crippen LogP contribution in [-0.2, 0) is 18.9 Å². The second-order valence-electron chi connectivity index (χ2n) is 19.6. The Morgan fingerprint density at radius 2 is 1.48 bits per heavy atom. The van der Waals surface area contributed by atoms with Crippen LogP contribution in [0, 0.1) is 50.2 Å². The average Bonchev–Trinajstić information content (AvgIpc) is 3.14. The van der Waals surface area contributed by atoms with Gasteiger partial charge in [0.2, 0.25) is 5.91 Å². The third-order valence-corrected chi connectivity index (χ3v) is 16.0. The number of hydrogen-bond donors (Lipinski definition) is 2. The molecular formula is C39H62BNO5. The first-order valence-corrected chi connectivity index (χ1v) is 18.3. The van der Waals surface area contributed by atoms with Gasteiger partial charge in [-0.15, -0.1) is 0 Å². The number of nitrogens with one attached hydrogen (secondary N) is 1. The number of carbonyl (C=O) groups excluding carboxylic acids is 1. The Bertz CT molecular complexity index is 1360. The van der Waals surface area contributed by atoms with Crippen molar-refractivity contribution in [3.05, 3.63) is 23.2 Å². The van der Waals surface area contributed by atoms with Crippen molar-refractivity contribution in [2.24, 2.45) is 50.2 Å². The molecule has 0 spiro atoms. The molecule has 1 heterocycles. The zero-order valence-corrected chi connectivity index (χ0v) is 31.0. The fraction of sp³-hybridized carbons (Fsp3) is 0.846. The van der Waals surface area contributed by atoms with Crippen LogP contribution < -0.4 is 5.32 Å². The molecule has 6 aliphatic rings. The van der Waals surface area contributed by atoms with Crippen LogP contribution in [0.3, 0.4) is 0 Å². The lowest BCUT2D eigenvalue weighted by Crippen LogP contribution is -2.65. The van der Waals surface area contributed by atoms with Crippen molar-refractivity contribution in [2.75, 3.05) is 0 Å². The maximum atomic E-state index is 14.1. The standard InChI is InChI=1S/C39H62BNO5/c1-24(30(42)43)41-31(44)39-21-19-32(2,3)23-26(39)25-13-14-28-36(10)17-16-29(40-45-34(6,7)35(8,9)46-40)33(4,5)27(36)15-18-38(28,12)37(25,11)20-22-39/h13,16,24,26-28H,14-15,17-23H2,1-12H3,(H,41,44)(H,42,43)/t24?,26-,27-,28+,36-,37+,38+,39-/m0/s1. The molecule has 0 aromatic carbocycles. The molecule has 0 bridgehead atoms. The minimum atomic E-state index is -0.971. The third kappa shape index (κ3) is 4.55. The van der Waals surface area contributed by atoms with Gasteiger partial charge in [0, 0.05) is 0 Å². The number of hydrogen-bond acceptors (Lipinski definition) is 4. The van der Waals surface area contributed by atoms with Gasteiger partial charge < -0.3 is 19.7 Å². The number of carboxylic acids is 1. The van der Waals surface area contributed by atoms with Crippen molar-refractivity contribution in [3.8, 4) is 0 Å². The van der Waals surface area contributed by atoms with Gasteiger partial charge in [-0.1, -0.05) is 66.2 Å². The zero-order chi connectivity index (χ0) is 34.1. The highest BCUT2D eigenvalue weighted by Crippen LogP contribution is 2.76. The first-order valence-electron chi connectivity index (χ1n) is 18.3. The van der Waals surface area contributed by atoms with E-state index in [2.05, 4.69) is 93.6 Å². The summed E-state index contributed by atoms with van der Waals surface area (Å²) < 4.78 is 13.3. The monoisotopic (exact) mass is 635 g/mol. The normalized spacial score (nSPS) is 43.9. The van der Waals surface area contributed by atoms with E-state index in [-0.39, 0.29) is 57.2 Å². The predicted octanol–water partition coefficient (Wildman–Crippen LogP) is 8.55. The molecule has 256 valence electrons. The van der Waals surface area contributed by atoms with Gasteiger partial charge >= 0.3 is 13.1 Å². The second kappa shape index (κ2) is 10.2. The molecule has 1 unspecified atom stereocenters. The van der Waals surface area contributed by atoms with Crippen LogP contribution in [0.2, 0.25) is 0 Å². The summed E-state index contributed by atoms with van der Waals surface area (Å²) in [6.07, 6.45) is 14.1. The molecule has 1 saturated heterocycles. The smallest absolute Gasteiger partial charge is 0.480 e. The van der Waals surface area contributed by atoms with Crippen molar-refractivity contribution >= 4 is 19.0 Å². The molecule has 46 heavy (non-hydrogen) atoms. The second-order valence-corrected chi connectivity index (χ2v) is 19.6. The maximum Gasteiger partial charge on any atom is 0.490 e. The van der Waals surface area contributed by atoms with Gasteiger partial charge in [-0.3, -0.25) is 9.59 Å². The van der Waals surface area contributed by atoms with Crippen LogP contribution >= 0.6 is 0 Å². The van der Waals surface area contributed by atoms with E-state index in [4.69, 9.17) is 9.31 Å². The molecule has 0 aromatic heterocycles. The van der Waals surface area contributed by atoms with Crippen LogP contribution in [0.4, 0.5) is 0 Å². The summed E-state index contributed by atoms with van der Waals surface area (Å²) in [7, 11) is -0.302. The van der Waals surface area contributed by atoms with E-state index < -0.39 is 17.4 Å². The van der Waals surface area contributed by atoms with Gasteiger partial charge in [-0.05, 0) is 143 Å². The Hall–Kier alpha value is -1.60. The Balaban J connectivity index is 1.37. The van der Waals surface area contributed by atoms with Gasteiger partial charge in [-0.2, -0.15) is 0 Å². The number of carboxylic acid groups (broad SMARTS) is 1. The SMILES string of the molecule is CC(NC(=O)[C@]12CCC(C)(C)C[C@H]1C1=CC[C@@H]3[C@@]4(C)CC=C(B5OC(C)(C)C(C)(C)O5)C(C)(C)[C@@H]4CC[C@@]3(C)[C@]1(C)CC2)C(=O)O. The first kappa shape index (κ1) is 34.3. The molecule has 5 aliphatic carbocycles. The summed E-state index contributed by atoms with van der Waals surface area (Å²) in [5.41, 5.74) is 1.96. The summed E-state index contributed by atoms with van der Waals surface area (Å²) in [4.78, 5) is 25.9. The van der Waals surface area contributed by atoms with Crippen LogP contribution in [0.1, 0.15) is 141 Å². The van der Waals surface area contributed by atoms with Gasteiger partial charge in [0.25, 0.3) is 0 Å². The van der Waals surface area contributed by atoms with Gasteiger partial charge in [0.15, 0.2) is 0 Å². The molecule has 6 rings (SSSR count). The lowest BCUT2D eigenvalue weighted by Gasteiger charge is -2.70. The maximum absolute atomic E-state index is 14.1. The van der Waals surface area contributed by atoms with E-state index in [1.807, 2.05) is 0 Å². The van der Waals surface area contributed by atoms with Gasteiger partial charge in [-0.25, -0.2) is 0 Å². The van der Waals surface area contributed by atoms with Crippen molar-refractivity contribution in [1.29, 1.82) is 0 Å². The topological polar surface area (TPSA) is 84.9 Å². The van der Waals surface area contributed by atoms with Crippen LogP contribution in [0.25, 0.3) is 0 Å². The number of fused-ring (bicyclic) bond motifs is 7. The molecular weight excluding hydrogens is 573 g/mol. The molecule has 7 heteroatoms. The summed E-state index contributed by atoms with van der Waals surface area (Å²) in [5, 5.41) is 12.6. The highest BCUT2D eigenvalue weighted by Gasteiger charge is 2.69. The number of rotatable bonds is 4. The third-order valence-electron chi connectivity index (χ3n) is 16.0. The lowest BCUT2D eigenvalue weighted by atomic mass is 9.33. The van der Waals surface area contributed by atoms with Crippen LogP contribution in [0.15, 0.2) is 23.2 Å². The molecule has 3 saturated carbocycles. The molecule has 0 radical (unpaired) electrons. The molecule has 6 nitrogen and oxygen atoms in total. The average molecular weight is 636 g/mol. The van der Waals surface area contributed by atoms with Crippen molar-refractivity contribution < 1.29 is 24.0 Å². The van der Waals surface area contributed by atoms with E-state index in [9.17, 15) is 14.7 Å². The first-order chi connectivity index (χ1) is 21.0. The number of allylic oxidation sites excluding steroid dienone is 4. The Kier molecular flexibility index (Phi) is 7.61. The lowest BCUT2D eigenvalue weighted by molar-refractivity contribution is -0.170. The highest BCUT2D eigenvalue weighted by molar-refractivity contribution is 6.55. The molecule has 1 amide bonds. The minimum Gasteiger partial charge on any atom is -0.480 e. The van der Waals surface area contributed by atoms with Gasteiger partial charge in [0.1, 0.15) is 6.04 Å². The molecule has 1 aliphatic heterocycles. The van der Waals surface area contributed by atoms with Crippen LogP contribution in [0.5, 0.6) is 0 Å². The Labute approximate surface area is 279 Å². The Morgan fingerprint density at radius 3 is 2.09 bits per heavy atom. The number of amides is 1. The molecule has 2 N–H and O–H groups in total. The highest BCUT2D eigenvalue weighted by atomic mass is 16.7. The summed E-state index contributed by atoms with van der Waals surface area (Å²) in [5.74, 6) is 0.199. The van der Waals surface area contributed by atoms with Crippen molar-refractivity contribution in [1.82, 2.24) is 5.32 Å². The van der Waals surface area contributed by atoms with Gasteiger partial charge in [0.05, 0.1) is 16.6 Å². The minimum absolute atomic E-state index is 0.00400. The van der Waals surface area contributed by atoms with Crippen molar-refractivity contribution in [3.63, 3.8) is 0 Å².